The van der Waals surface area contributed by atoms with Gasteiger partial charge in [0.15, 0.2) is 0 Å². The fraction of sp³-hybridized carbons (Fsp3) is 0.550. The zero-order valence-corrected chi connectivity index (χ0v) is 14.9. The van der Waals surface area contributed by atoms with Crippen molar-refractivity contribution in [2.75, 3.05) is 5.32 Å². The van der Waals surface area contributed by atoms with Gasteiger partial charge in [-0.1, -0.05) is 24.8 Å². The van der Waals surface area contributed by atoms with Crippen molar-refractivity contribution >= 4 is 17.9 Å². The summed E-state index contributed by atoms with van der Waals surface area (Å²) < 4.78 is 5.59. The van der Waals surface area contributed by atoms with Crippen LogP contribution in [0, 0.1) is 0 Å². The molecule has 2 aliphatic heterocycles. The van der Waals surface area contributed by atoms with Gasteiger partial charge in [-0.25, -0.2) is 4.79 Å². The van der Waals surface area contributed by atoms with Gasteiger partial charge in [-0.05, 0) is 64.2 Å². The van der Waals surface area contributed by atoms with Crippen LogP contribution in [0.15, 0.2) is 30.8 Å². The van der Waals surface area contributed by atoms with Gasteiger partial charge in [0.1, 0.15) is 5.60 Å². The molecule has 130 valence electrons. The lowest BCUT2D eigenvalue weighted by atomic mass is 9.97. The molecule has 2 atom stereocenters. The number of hydrogen-bond donors (Lipinski definition) is 1. The third-order valence-corrected chi connectivity index (χ3v) is 4.85. The van der Waals surface area contributed by atoms with E-state index < -0.39 is 5.60 Å². The first-order valence-corrected chi connectivity index (χ1v) is 8.86. The normalized spacial score (nSPS) is 26.1. The maximum absolute atomic E-state index is 12.5. The molecule has 0 spiro atoms. The van der Waals surface area contributed by atoms with Gasteiger partial charge in [0.25, 0.3) is 0 Å². The summed E-state index contributed by atoms with van der Waals surface area (Å²) in [6, 6.07) is 9.33. The Hall–Kier alpha value is -1.97. The molecule has 1 amide bonds. The fourth-order valence-corrected chi connectivity index (χ4v) is 3.86. The molecule has 1 N–H and O–H groups in total. The SMILES string of the molecule is C=Cc1ccc(NC2CC3CCC(C2)N3C(=O)OC(C)(C)C)cc1. The van der Waals surface area contributed by atoms with E-state index in [2.05, 4.69) is 36.2 Å². The Balaban J connectivity index is 1.62. The second kappa shape index (κ2) is 6.50. The number of fused-ring (bicyclic) bond motifs is 2. The minimum absolute atomic E-state index is 0.149. The molecule has 0 aromatic heterocycles. The molecule has 4 nitrogen and oxygen atoms in total. The first kappa shape index (κ1) is 16.9. The summed E-state index contributed by atoms with van der Waals surface area (Å²) in [5, 5.41) is 3.63. The van der Waals surface area contributed by atoms with Crippen LogP contribution in [0.25, 0.3) is 6.08 Å². The van der Waals surface area contributed by atoms with Gasteiger partial charge in [-0.2, -0.15) is 0 Å². The van der Waals surface area contributed by atoms with Crippen molar-refractivity contribution < 1.29 is 9.53 Å². The Labute approximate surface area is 144 Å². The molecule has 4 heteroatoms. The van der Waals surface area contributed by atoms with E-state index in [9.17, 15) is 4.79 Å². The molecule has 1 aromatic carbocycles. The van der Waals surface area contributed by atoms with E-state index in [0.29, 0.717) is 18.1 Å². The number of rotatable bonds is 3. The second-order valence-corrected chi connectivity index (χ2v) is 7.91. The van der Waals surface area contributed by atoms with Crippen LogP contribution < -0.4 is 5.32 Å². The van der Waals surface area contributed by atoms with Crippen LogP contribution in [0.4, 0.5) is 10.5 Å². The van der Waals surface area contributed by atoms with Gasteiger partial charge in [0.05, 0.1) is 0 Å². The van der Waals surface area contributed by atoms with E-state index in [1.165, 1.54) is 0 Å². The molecule has 0 aliphatic carbocycles. The molecule has 2 unspecified atom stereocenters. The van der Waals surface area contributed by atoms with Gasteiger partial charge >= 0.3 is 6.09 Å². The molecule has 2 heterocycles. The van der Waals surface area contributed by atoms with Crippen molar-refractivity contribution in [2.24, 2.45) is 0 Å². The van der Waals surface area contributed by atoms with Gasteiger partial charge < -0.3 is 15.0 Å². The van der Waals surface area contributed by atoms with Crippen molar-refractivity contribution in [1.29, 1.82) is 0 Å². The van der Waals surface area contributed by atoms with Gasteiger partial charge in [0, 0.05) is 23.8 Å². The smallest absolute Gasteiger partial charge is 0.410 e. The van der Waals surface area contributed by atoms with Crippen LogP contribution in [0.3, 0.4) is 0 Å². The lowest BCUT2D eigenvalue weighted by Crippen LogP contribution is -2.51. The van der Waals surface area contributed by atoms with Crippen LogP contribution in [-0.2, 0) is 4.74 Å². The second-order valence-electron chi connectivity index (χ2n) is 7.91. The Morgan fingerprint density at radius 3 is 2.29 bits per heavy atom. The van der Waals surface area contributed by atoms with Crippen molar-refractivity contribution in [3.05, 3.63) is 36.4 Å². The Morgan fingerprint density at radius 1 is 1.21 bits per heavy atom. The zero-order chi connectivity index (χ0) is 17.3. The number of hydrogen-bond acceptors (Lipinski definition) is 3. The highest BCUT2D eigenvalue weighted by molar-refractivity contribution is 5.69. The minimum atomic E-state index is -0.432. The minimum Gasteiger partial charge on any atom is -0.444 e. The van der Waals surface area contributed by atoms with E-state index in [4.69, 9.17) is 4.74 Å². The summed E-state index contributed by atoms with van der Waals surface area (Å²) in [6.45, 7) is 9.56. The standard InChI is InChI=1S/C20H28N2O2/c1-5-14-6-8-15(9-7-14)21-16-12-17-10-11-18(13-16)22(17)19(23)24-20(2,3)4/h5-9,16-18,21H,1,10-13H2,2-4H3. The Morgan fingerprint density at radius 2 is 1.79 bits per heavy atom. The molecular formula is C20H28N2O2. The zero-order valence-electron chi connectivity index (χ0n) is 14.9. The summed E-state index contributed by atoms with van der Waals surface area (Å²) in [4.78, 5) is 14.5. The average molecular weight is 328 g/mol. The van der Waals surface area contributed by atoms with E-state index >= 15 is 0 Å². The molecule has 3 rings (SSSR count). The van der Waals surface area contributed by atoms with Crippen molar-refractivity contribution in [3.8, 4) is 0 Å². The van der Waals surface area contributed by atoms with Crippen LogP contribution in [0.5, 0.6) is 0 Å². The summed E-state index contributed by atoms with van der Waals surface area (Å²) in [5.41, 5.74) is 1.83. The molecule has 2 aliphatic rings. The molecule has 0 saturated carbocycles. The number of benzene rings is 1. The molecule has 0 radical (unpaired) electrons. The maximum Gasteiger partial charge on any atom is 0.410 e. The number of ether oxygens (including phenoxy) is 1. The van der Waals surface area contributed by atoms with Crippen LogP contribution in [-0.4, -0.2) is 34.7 Å². The monoisotopic (exact) mass is 328 g/mol. The molecule has 2 fully saturated rings. The first-order valence-electron chi connectivity index (χ1n) is 8.86. The van der Waals surface area contributed by atoms with Crippen molar-refractivity contribution in [3.63, 3.8) is 0 Å². The number of piperidine rings is 1. The first-order chi connectivity index (χ1) is 11.4. The van der Waals surface area contributed by atoms with Crippen molar-refractivity contribution in [2.45, 2.75) is 70.2 Å². The predicted molar refractivity (Wildman–Crippen MR) is 98.1 cm³/mol. The Kier molecular flexibility index (Phi) is 4.57. The molecular weight excluding hydrogens is 300 g/mol. The quantitative estimate of drug-likeness (QED) is 0.876. The third kappa shape index (κ3) is 3.74. The predicted octanol–water partition coefficient (Wildman–Crippen LogP) is 4.67. The largest absolute Gasteiger partial charge is 0.444 e. The van der Waals surface area contributed by atoms with E-state index in [1.54, 1.807) is 0 Å². The highest BCUT2D eigenvalue weighted by Crippen LogP contribution is 2.37. The highest BCUT2D eigenvalue weighted by atomic mass is 16.6. The molecule has 24 heavy (non-hydrogen) atoms. The fourth-order valence-electron chi connectivity index (χ4n) is 3.86. The summed E-state index contributed by atoms with van der Waals surface area (Å²) in [7, 11) is 0. The van der Waals surface area contributed by atoms with E-state index in [-0.39, 0.29) is 6.09 Å². The van der Waals surface area contributed by atoms with Crippen LogP contribution in [0.1, 0.15) is 52.0 Å². The summed E-state index contributed by atoms with van der Waals surface area (Å²) in [5.74, 6) is 0. The van der Waals surface area contributed by atoms with E-state index in [1.807, 2.05) is 31.7 Å². The number of amides is 1. The Bertz CT molecular complexity index is 589. The number of anilines is 1. The molecule has 1 aromatic rings. The molecule has 2 bridgehead atoms. The number of carbonyl (C=O) groups is 1. The van der Waals surface area contributed by atoms with Gasteiger partial charge in [-0.3, -0.25) is 0 Å². The number of nitrogens with one attached hydrogen (secondary N) is 1. The number of nitrogens with zero attached hydrogens (tertiary/aromatic N) is 1. The summed E-state index contributed by atoms with van der Waals surface area (Å²) in [6.07, 6.45) is 5.83. The van der Waals surface area contributed by atoms with E-state index in [0.717, 1.165) is 36.9 Å². The summed E-state index contributed by atoms with van der Waals surface area (Å²) >= 11 is 0. The van der Waals surface area contributed by atoms with Crippen molar-refractivity contribution in [1.82, 2.24) is 4.90 Å². The lowest BCUT2D eigenvalue weighted by molar-refractivity contribution is 0.00684. The number of carbonyl (C=O) groups excluding carboxylic acids is 1. The lowest BCUT2D eigenvalue weighted by Gasteiger charge is -2.40. The molecule has 2 saturated heterocycles. The average Bonchev–Trinajstić information content (AvgIpc) is 2.78. The van der Waals surface area contributed by atoms with Gasteiger partial charge in [0.2, 0.25) is 0 Å². The third-order valence-electron chi connectivity index (χ3n) is 4.85. The maximum atomic E-state index is 12.5. The van der Waals surface area contributed by atoms with Crippen LogP contribution >= 0.6 is 0 Å². The topological polar surface area (TPSA) is 41.6 Å². The highest BCUT2D eigenvalue weighted by Gasteiger charge is 2.44. The van der Waals surface area contributed by atoms with Crippen LogP contribution in [0.2, 0.25) is 0 Å². The van der Waals surface area contributed by atoms with Gasteiger partial charge in [-0.15, -0.1) is 0 Å².